The molecule has 0 atom stereocenters. The molecule has 3 aromatic carbocycles. The molecule has 0 unspecified atom stereocenters. The fraction of sp³-hybridized carbons (Fsp3) is 0.0500. The quantitative estimate of drug-likeness (QED) is 0.522. The van der Waals surface area contributed by atoms with Crippen molar-refractivity contribution in [1.29, 1.82) is 0 Å². The number of benzene rings is 3. The van der Waals surface area contributed by atoms with Gasteiger partial charge in [0.1, 0.15) is 12.0 Å². The van der Waals surface area contributed by atoms with Crippen LogP contribution in [0.15, 0.2) is 72.8 Å². The van der Waals surface area contributed by atoms with Crippen molar-refractivity contribution in [1.82, 2.24) is 0 Å². The van der Waals surface area contributed by atoms with E-state index in [0.29, 0.717) is 0 Å². The lowest BCUT2D eigenvalue weighted by Crippen LogP contribution is -1.91. The van der Waals surface area contributed by atoms with Crippen LogP contribution in [-0.2, 0) is 4.79 Å². The average Bonchev–Trinajstić information content (AvgIpc) is 2.59. The van der Waals surface area contributed by atoms with Crippen LogP contribution in [0.1, 0.15) is 11.1 Å². The zero-order chi connectivity index (χ0) is 15.4. The van der Waals surface area contributed by atoms with Crippen molar-refractivity contribution in [3.63, 3.8) is 0 Å². The summed E-state index contributed by atoms with van der Waals surface area (Å²) in [6, 6.07) is 22.1. The van der Waals surface area contributed by atoms with Crippen LogP contribution in [0.5, 0.6) is 5.75 Å². The number of carbonyl (C=O) groups excluding carboxylic acids is 1. The van der Waals surface area contributed by atoms with E-state index in [1.54, 1.807) is 13.2 Å². The predicted molar refractivity (Wildman–Crippen MR) is 90.1 cm³/mol. The third-order valence-electron chi connectivity index (χ3n) is 3.68. The summed E-state index contributed by atoms with van der Waals surface area (Å²) in [5, 5.41) is 2.34. The van der Waals surface area contributed by atoms with Gasteiger partial charge in [0.25, 0.3) is 0 Å². The molecule has 0 bridgehead atoms. The summed E-state index contributed by atoms with van der Waals surface area (Å²) in [5.41, 5.74) is 2.86. The number of allylic oxidation sites excluding steroid dienone is 1. The van der Waals surface area contributed by atoms with Crippen LogP contribution in [0.25, 0.3) is 16.3 Å². The molecule has 0 fully saturated rings. The molecule has 22 heavy (non-hydrogen) atoms. The Hall–Kier alpha value is -2.87. The minimum atomic E-state index is 0.773. The van der Waals surface area contributed by atoms with E-state index in [2.05, 4.69) is 24.3 Å². The van der Waals surface area contributed by atoms with Gasteiger partial charge in [0.15, 0.2) is 0 Å². The molecule has 2 heteroatoms. The highest BCUT2D eigenvalue weighted by Gasteiger charge is 2.07. The first-order valence-electron chi connectivity index (χ1n) is 7.11. The van der Waals surface area contributed by atoms with Gasteiger partial charge >= 0.3 is 0 Å². The van der Waals surface area contributed by atoms with Crippen molar-refractivity contribution in [2.45, 2.75) is 0 Å². The van der Waals surface area contributed by atoms with Gasteiger partial charge in [-0.15, -0.1) is 0 Å². The zero-order valence-electron chi connectivity index (χ0n) is 12.3. The van der Waals surface area contributed by atoms with Crippen LogP contribution in [-0.4, -0.2) is 13.4 Å². The molecule has 0 saturated heterocycles. The van der Waals surface area contributed by atoms with Crippen molar-refractivity contribution in [3.8, 4) is 5.75 Å². The van der Waals surface area contributed by atoms with Gasteiger partial charge in [0, 0.05) is 0 Å². The van der Waals surface area contributed by atoms with Crippen LogP contribution < -0.4 is 4.74 Å². The number of hydrogen-bond acceptors (Lipinski definition) is 2. The van der Waals surface area contributed by atoms with Crippen molar-refractivity contribution in [2.24, 2.45) is 0 Å². The zero-order valence-corrected chi connectivity index (χ0v) is 12.3. The fourth-order valence-electron chi connectivity index (χ4n) is 2.57. The van der Waals surface area contributed by atoms with E-state index >= 15 is 0 Å². The van der Waals surface area contributed by atoms with Crippen molar-refractivity contribution in [3.05, 3.63) is 83.9 Å². The largest absolute Gasteiger partial charge is 0.497 e. The Morgan fingerprint density at radius 1 is 0.864 bits per heavy atom. The SMILES string of the molecule is COc1cccc(/C(=C/C=O)c2ccc3ccccc3c2)c1. The molecule has 0 aromatic heterocycles. The summed E-state index contributed by atoms with van der Waals surface area (Å²) < 4.78 is 5.27. The Morgan fingerprint density at radius 3 is 2.41 bits per heavy atom. The van der Waals surface area contributed by atoms with Gasteiger partial charge in [-0.2, -0.15) is 0 Å². The van der Waals surface area contributed by atoms with E-state index in [1.807, 2.05) is 42.5 Å². The van der Waals surface area contributed by atoms with Gasteiger partial charge in [-0.25, -0.2) is 0 Å². The molecule has 108 valence electrons. The Bertz CT molecular complexity index is 847. The number of hydrogen-bond donors (Lipinski definition) is 0. The molecule has 0 aliphatic heterocycles. The Kier molecular flexibility index (Phi) is 4.01. The summed E-state index contributed by atoms with van der Waals surface area (Å²) >= 11 is 0. The molecule has 0 spiro atoms. The molecule has 0 aliphatic carbocycles. The van der Waals surface area contributed by atoms with Gasteiger partial charge in [0.05, 0.1) is 7.11 Å². The normalized spacial score (nSPS) is 11.4. The van der Waals surface area contributed by atoms with Gasteiger partial charge in [-0.3, -0.25) is 4.79 Å². The van der Waals surface area contributed by atoms with Crippen molar-refractivity contribution in [2.75, 3.05) is 7.11 Å². The van der Waals surface area contributed by atoms with Crippen LogP contribution >= 0.6 is 0 Å². The number of carbonyl (C=O) groups is 1. The third-order valence-corrected chi connectivity index (χ3v) is 3.68. The second kappa shape index (κ2) is 6.27. The minimum absolute atomic E-state index is 0.773. The summed E-state index contributed by atoms with van der Waals surface area (Å²) in [4.78, 5) is 11.1. The summed E-state index contributed by atoms with van der Waals surface area (Å²) in [5.74, 6) is 0.773. The maximum atomic E-state index is 11.1. The molecule has 3 aromatic rings. The highest BCUT2D eigenvalue weighted by Crippen LogP contribution is 2.28. The number of rotatable bonds is 4. The van der Waals surface area contributed by atoms with E-state index in [4.69, 9.17) is 4.74 Å². The Morgan fingerprint density at radius 2 is 1.64 bits per heavy atom. The van der Waals surface area contributed by atoms with Gasteiger partial charge in [-0.1, -0.05) is 48.5 Å². The Balaban J connectivity index is 2.13. The topological polar surface area (TPSA) is 26.3 Å². The molecule has 3 rings (SSSR count). The first kappa shape index (κ1) is 14.1. The molecule has 0 heterocycles. The standard InChI is InChI=1S/C20H16O2/c1-22-19-8-4-7-17(14-19)20(11-12-21)18-10-9-15-5-2-3-6-16(15)13-18/h2-14H,1H3/b20-11-. The van der Waals surface area contributed by atoms with Crippen LogP contribution in [0.4, 0.5) is 0 Å². The van der Waals surface area contributed by atoms with E-state index in [1.165, 1.54) is 5.39 Å². The van der Waals surface area contributed by atoms with E-state index < -0.39 is 0 Å². The maximum Gasteiger partial charge on any atom is 0.143 e. The number of aldehydes is 1. The summed E-state index contributed by atoms with van der Waals surface area (Å²) in [6.07, 6.45) is 2.42. The highest BCUT2D eigenvalue weighted by molar-refractivity contribution is 5.94. The van der Waals surface area contributed by atoms with E-state index in [0.717, 1.165) is 34.1 Å². The predicted octanol–water partition coefficient (Wildman–Crippen LogP) is 4.48. The molecule has 0 saturated carbocycles. The number of methoxy groups -OCH3 is 1. The molecule has 0 radical (unpaired) electrons. The molecule has 0 N–H and O–H groups in total. The maximum absolute atomic E-state index is 11.1. The number of ether oxygens (including phenoxy) is 1. The first-order valence-corrected chi connectivity index (χ1v) is 7.11. The summed E-state index contributed by atoms with van der Waals surface area (Å²) in [7, 11) is 1.64. The van der Waals surface area contributed by atoms with Crippen LogP contribution in [0.3, 0.4) is 0 Å². The molecule has 0 amide bonds. The molecular weight excluding hydrogens is 272 g/mol. The average molecular weight is 288 g/mol. The van der Waals surface area contributed by atoms with Crippen molar-refractivity contribution < 1.29 is 9.53 Å². The lowest BCUT2D eigenvalue weighted by molar-refractivity contribution is -0.104. The first-order chi connectivity index (χ1) is 10.8. The van der Waals surface area contributed by atoms with Gasteiger partial charge < -0.3 is 4.74 Å². The highest BCUT2D eigenvalue weighted by atomic mass is 16.5. The van der Waals surface area contributed by atoms with E-state index in [9.17, 15) is 4.79 Å². The molecule has 0 aliphatic rings. The molecular formula is C20H16O2. The van der Waals surface area contributed by atoms with Crippen molar-refractivity contribution >= 4 is 22.6 Å². The van der Waals surface area contributed by atoms with Crippen LogP contribution in [0, 0.1) is 0 Å². The van der Waals surface area contributed by atoms with E-state index in [-0.39, 0.29) is 0 Å². The number of fused-ring (bicyclic) bond motifs is 1. The smallest absolute Gasteiger partial charge is 0.143 e. The molecule has 2 nitrogen and oxygen atoms in total. The van der Waals surface area contributed by atoms with Gasteiger partial charge in [0.2, 0.25) is 0 Å². The lowest BCUT2D eigenvalue weighted by atomic mass is 9.95. The fourth-order valence-corrected chi connectivity index (χ4v) is 2.57. The van der Waals surface area contributed by atoms with Gasteiger partial charge in [-0.05, 0) is 51.7 Å². The third kappa shape index (κ3) is 2.77. The minimum Gasteiger partial charge on any atom is -0.497 e. The lowest BCUT2D eigenvalue weighted by Gasteiger charge is -2.10. The second-order valence-corrected chi connectivity index (χ2v) is 5.01. The monoisotopic (exact) mass is 288 g/mol. The Labute approximate surface area is 129 Å². The van der Waals surface area contributed by atoms with Crippen LogP contribution in [0.2, 0.25) is 0 Å². The summed E-state index contributed by atoms with van der Waals surface area (Å²) in [6.45, 7) is 0. The second-order valence-electron chi connectivity index (χ2n) is 5.01.